The number of hydrogen-bond donors (Lipinski definition) is 1. The molecule has 1 aliphatic heterocycles. The maximum Gasteiger partial charge on any atom is 0.189 e. The van der Waals surface area contributed by atoms with Crippen molar-refractivity contribution in [3.63, 3.8) is 0 Å². The fraction of sp³-hybridized carbons (Fsp3) is 0.667. The van der Waals surface area contributed by atoms with Crippen molar-refractivity contribution < 1.29 is 9.53 Å². The molecule has 0 bridgehead atoms. The van der Waals surface area contributed by atoms with Crippen molar-refractivity contribution in [3.8, 4) is 5.75 Å². The SMILES string of the molecule is CCCn1ncc(OC)c1C(=O)C1CCNC1. The van der Waals surface area contributed by atoms with E-state index in [2.05, 4.69) is 17.3 Å². The van der Waals surface area contributed by atoms with E-state index in [0.717, 1.165) is 32.5 Å². The quantitative estimate of drug-likeness (QED) is 0.779. The molecular weight excluding hydrogens is 218 g/mol. The Morgan fingerprint density at radius 1 is 1.71 bits per heavy atom. The molecule has 0 amide bonds. The number of carbonyl (C=O) groups is 1. The summed E-state index contributed by atoms with van der Waals surface area (Å²) >= 11 is 0. The van der Waals surface area contributed by atoms with E-state index in [1.54, 1.807) is 18.0 Å². The highest BCUT2D eigenvalue weighted by Crippen LogP contribution is 2.24. The topological polar surface area (TPSA) is 56.2 Å². The molecule has 1 aromatic heterocycles. The van der Waals surface area contributed by atoms with Gasteiger partial charge in [-0.25, -0.2) is 0 Å². The lowest BCUT2D eigenvalue weighted by Gasteiger charge is -2.11. The van der Waals surface area contributed by atoms with Crippen molar-refractivity contribution in [3.05, 3.63) is 11.9 Å². The highest BCUT2D eigenvalue weighted by atomic mass is 16.5. The second-order valence-electron chi connectivity index (χ2n) is 4.34. The molecule has 1 saturated heterocycles. The number of ether oxygens (including phenoxy) is 1. The molecule has 5 heteroatoms. The third-order valence-electron chi connectivity index (χ3n) is 3.13. The number of hydrogen-bond acceptors (Lipinski definition) is 4. The third kappa shape index (κ3) is 2.34. The zero-order valence-corrected chi connectivity index (χ0v) is 10.4. The zero-order chi connectivity index (χ0) is 12.3. The lowest BCUT2D eigenvalue weighted by molar-refractivity contribution is 0.0916. The minimum atomic E-state index is 0.0659. The Labute approximate surface area is 101 Å². The van der Waals surface area contributed by atoms with Gasteiger partial charge in [-0.05, 0) is 19.4 Å². The third-order valence-corrected chi connectivity index (χ3v) is 3.13. The molecule has 0 spiro atoms. The molecular formula is C12H19N3O2. The van der Waals surface area contributed by atoms with Gasteiger partial charge in [0.2, 0.25) is 0 Å². The first-order chi connectivity index (χ1) is 8.27. The van der Waals surface area contributed by atoms with Gasteiger partial charge in [-0.1, -0.05) is 6.92 Å². The van der Waals surface area contributed by atoms with Crippen LogP contribution in [0.3, 0.4) is 0 Å². The molecule has 1 N–H and O–H groups in total. The van der Waals surface area contributed by atoms with Gasteiger partial charge in [-0.2, -0.15) is 5.10 Å². The van der Waals surface area contributed by atoms with E-state index in [0.29, 0.717) is 11.4 Å². The fourth-order valence-corrected chi connectivity index (χ4v) is 2.22. The van der Waals surface area contributed by atoms with E-state index < -0.39 is 0 Å². The predicted octanol–water partition coefficient (Wildman–Crippen LogP) is 1.09. The molecule has 1 aliphatic rings. The van der Waals surface area contributed by atoms with Crippen molar-refractivity contribution in [1.29, 1.82) is 0 Å². The number of methoxy groups -OCH3 is 1. The van der Waals surface area contributed by atoms with Gasteiger partial charge in [0, 0.05) is 19.0 Å². The highest BCUT2D eigenvalue weighted by Gasteiger charge is 2.29. The Kier molecular flexibility index (Phi) is 3.78. The van der Waals surface area contributed by atoms with Crippen LogP contribution >= 0.6 is 0 Å². The molecule has 0 aromatic carbocycles. The smallest absolute Gasteiger partial charge is 0.189 e. The van der Waals surface area contributed by atoms with Crippen molar-refractivity contribution >= 4 is 5.78 Å². The number of rotatable bonds is 5. The number of aromatic nitrogens is 2. The van der Waals surface area contributed by atoms with Gasteiger partial charge in [0.15, 0.2) is 11.5 Å². The van der Waals surface area contributed by atoms with Gasteiger partial charge in [0.25, 0.3) is 0 Å². The summed E-state index contributed by atoms with van der Waals surface area (Å²) in [5.74, 6) is 0.810. The van der Waals surface area contributed by atoms with E-state index in [1.807, 2.05) is 0 Å². The van der Waals surface area contributed by atoms with E-state index in [1.165, 1.54) is 0 Å². The molecule has 1 aromatic rings. The molecule has 5 nitrogen and oxygen atoms in total. The predicted molar refractivity (Wildman–Crippen MR) is 64.4 cm³/mol. The van der Waals surface area contributed by atoms with E-state index in [4.69, 9.17) is 4.74 Å². The van der Waals surface area contributed by atoms with E-state index >= 15 is 0 Å². The monoisotopic (exact) mass is 237 g/mol. The summed E-state index contributed by atoms with van der Waals surface area (Å²) in [7, 11) is 1.58. The summed E-state index contributed by atoms with van der Waals surface area (Å²) in [6, 6.07) is 0. The zero-order valence-electron chi connectivity index (χ0n) is 10.4. The van der Waals surface area contributed by atoms with Crippen LogP contribution < -0.4 is 10.1 Å². The average Bonchev–Trinajstić information content (AvgIpc) is 2.97. The van der Waals surface area contributed by atoms with Crippen molar-refractivity contribution in [2.45, 2.75) is 26.3 Å². The van der Waals surface area contributed by atoms with Crippen molar-refractivity contribution in [2.24, 2.45) is 5.92 Å². The maximum absolute atomic E-state index is 12.4. The van der Waals surface area contributed by atoms with Gasteiger partial charge >= 0.3 is 0 Å². The maximum atomic E-state index is 12.4. The number of carbonyl (C=O) groups excluding carboxylic acids is 1. The minimum absolute atomic E-state index is 0.0659. The van der Waals surface area contributed by atoms with Crippen LogP contribution in [0.25, 0.3) is 0 Å². The van der Waals surface area contributed by atoms with Gasteiger partial charge in [0.05, 0.1) is 13.3 Å². The molecule has 0 saturated carbocycles. The minimum Gasteiger partial charge on any atom is -0.493 e. The lowest BCUT2D eigenvalue weighted by Crippen LogP contribution is -2.22. The summed E-state index contributed by atoms with van der Waals surface area (Å²) in [6.45, 7) is 4.50. The second kappa shape index (κ2) is 5.31. The van der Waals surface area contributed by atoms with Gasteiger partial charge in [-0.15, -0.1) is 0 Å². The first kappa shape index (κ1) is 12.1. The molecule has 2 heterocycles. The average molecular weight is 237 g/mol. The van der Waals surface area contributed by atoms with E-state index in [9.17, 15) is 4.79 Å². The molecule has 1 atom stereocenters. The summed E-state index contributed by atoms with van der Waals surface area (Å²) < 4.78 is 6.99. The number of Topliss-reactive ketones (excluding diaryl/α,β-unsaturated/α-hetero) is 1. The van der Waals surface area contributed by atoms with Crippen LogP contribution in [0.4, 0.5) is 0 Å². The first-order valence-corrected chi connectivity index (χ1v) is 6.12. The number of nitrogens with one attached hydrogen (secondary N) is 1. The Morgan fingerprint density at radius 3 is 3.12 bits per heavy atom. The molecule has 0 radical (unpaired) electrons. The van der Waals surface area contributed by atoms with Gasteiger partial charge < -0.3 is 10.1 Å². The first-order valence-electron chi connectivity index (χ1n) is 6.12. The highest BCUT2D eigenvalue weighted by molar-refractivity contribution is 5.99. The van der Waals surface area contributed by atoms with Crippen LogP contribution in [0.2, 0.25) is 0 Å². The fourth-order valence-electron chi connectivity index (χ4n) is 2.22. The standard InChI is InChI=1S/C12H19N3O2/c1-3-6-15-11(10(17-2)8-14-15)12(16)9-4-5-13-7-9/h8-9,13H,3-7H2,1-2H3. The molecule has 94 valence electrons. The molecule has 2 rings (SSSR count). The second-order valence-corrected chi connectivity index (χ2v) is 4.34. The van der Waals surface area contributed by atoms with Crippen LogP contribution in [0, 0.1) is 5.92 Å². The van der Waals surface area contributed by atoms with Gasteiger partial charge in [0.1, 0.15) is 5.69 Å². The number of nitrogens with zero attached hydrogens (tertiary/aromatic N) is 2. The van der Waals surface area contributed by atoms with Crippen LogP contribution in [-0.2, 0) is 6.54 Å². The number of aryl methyl sites for hydroxylation is 1. The Balaban J connectivity index is 2.27. The summed E-state index contributed by atoms with van der Waals surface area (Å²) in [5.41, 5.74) is 0.628. The van der Waals surface area contributed by atoms with E-state index in [-0.39, 0.29) is 11.7 Å². The van der Waals surface area contributed by atoms with Crippen LogP contribution in [0.5, 0.6) is 5.75 Å². The Bertz CT molecular complexity index is 394. The normalized spacial score (nSPS) is 19.5. The molecule has 1 unspecified atom stereocenters. The molecule has 0 aliphatic carbocycles. The molecule has 1 fully saturated rings. The molecule has 17 heavy (non-hydrogen) atoms. The van der Waals surface area contributed by atoms with Crippen molar-refractivity contribution in [2.75, 3.05) is 20.2 Å². The summed E-state index contributed by atoms with van der Waals surface area (Å²) in [5, 5.41) is 7.43. The lowest BCUT2D eigenvalue weighted by atomic mass is 10.0. The van der Waals surface area contributed by atoms with Crippen LogP contribution in [0.15, 0.2) is 6.20 Å². The van der Waals surface area contributed by atoms with Gasteiger partial charge in [-0.3, -0.25) is 9.48 Å². The van der Waals surface area contributed by atoms with Crippen LogP contribution in [0.1, 0.15) is 30.3 Å². The Morgan fingerprint density at radius 2 is 2.53 bits per heavy atom. The van der Waals surface area contributed by atoms with Crippen LogP contribution in [-0.4, -0.2) is 35.8 Å². The largest absolute Gasteiger partial charge is 0.493 e. The number of ketones is 1. The Hall–Kier alpha value is -1.36. The summed E-state index contributed by atoms with van der Waals surface area (Å²) in [4.78, 5) is 12.4. The van der Waals surface area contributed by atoms with Crippen molar-refractivity contribution in [1.82, 2.24) is 15.1 Å². The summed E-state index contributed by atoms with van der Waals surface area (Å²) in [6.07, 6.45) is 3.48.